The number of carbonyl (C=O) groups excluding carboxylic acids is 2. The maximum absolute atomic E-state index is 12.6. The number of hydrogen-bond acceptors (Lipinski definition) is 4. The molecule has 0 radical (unpaired) electrons. The minimum absolute atomic E-state index is 0.162. The van der Waals surface area contributed by atoms with E-state index in [9.17, 15) is 9.59 Å². The lowest BCUT2D eigenvalue weighted by Gasteiger charge is -2.12. The van der Waals surface area contributed by atoms with Crippen molar-refractivity contribution >= 4 is 29.0 Å². The van der Waals surface area contributed by atoms with Crippen LogP contribution in [0.4, 0.5) is 4.79 Å². The Balaban J connectivity index is 1.71. The number of hydrogen-bond donors (Lipinski definition) is 0. The van der Waals surface area contributed by atoms with Gasteiger partial charge in [-0.25, -0.2) is 0 Å². The average molecular weight is 367 g/mol. The summed E-state index contributed by atoms with van der Waals surface area (Å²) in [6, 6.07) is 17.1. The number of ether oxygens (including phenoxy) is 1. The molecule has 1 aliphatic heterocycles. The van der Waals surface area contributed by atoms with E-state index < -0.39 is 0 Å². The molecule has 1 atom stereocenters. The monoisotopic (exact) mass is 367 g/mol. The molecule has 0 bridgehead atoms. The summed E-state index contributed by atoms with van der Waals surface area (Å²) in [4.78, 5) is 26.5. The van der Waals surface area contributed by atoms with Crippen LogP contribution in [0.25, 0.3) is 6.08 Å². The number of imide groups is 1. The van der Waals surface area contributed by atoms with Crippen LogP contribution in [0.2, 0.25) is 0 Å². The molecule has 134 valence electrons. The molecular weight excluding hydrogens is 346 g/mol. The van der Waals surface area contributed by atoms with Crippen molar-refractivity contribution in [2.75, 3.05) is 0 Å². The SMILES string of the molecule is CCC(C)Oc1ccc(/C=C2\SC(=O)N(Cc3ccccc3)C2=O)cc1. The van der Waals surface area contributed by atoms with Gasteiger partial charge in [0.1, 0.15) is 5.75 Å². The van der Waals surface area contributed by atoms with Crippen LogP contribution in [0.3, 0.4) is 0 Å². The standard InChI is InChI=1S/C21H21NO3S/c1-3-15(2)25-18-11-9-16(10-12-18)13-19-20(23)22(21(24)26-19)14-17-7-5-4-6-8-17/h4-13,15H,3,14H2,1-2H3/b19-13-. The topological polar surface area (TPSA) is 46.6 Å². The maximum atomic E-state index is 12.6. The second-order valence-corrected chi connectivity index (χ2v) is 7.15. The Labute approximate surface area is 157 Å². The fourth-order valence-corrected chi connectivity index (χ4v) is 3.35. The van der Waals surface area contributed by atoms with Gasteiger partial charge >= 0.3 is 0 Å². The van der Waals surface area contributed by atoms with Crippen LogP contribution < -0.4 is 4.74 Å². The highest BCUT2D eigenvalue weighted by Gasteiger charge is 2.34. The summed E-state index contributed by atoms with van der Waals surface area (Å²) in [5.41, 5.74) is 1.80. The van der Waals surface area contributed by atoms with Crippen LogP contribution in [-0.4, -0.2) is 22.2 Å². The van der Waals surface area contributed by atoms with Crippen molar-refractivity contribution in [3.05, 3.63) is 70.6 Å². The first-order chi connectivity index (χ1) is 12.6. The largest absolute Gasteiger partial charge is 0.491 e. The van der Waals surface area contributed by atoms with Gasteiger partial charge in [-0.05, 0) is 54.4 Å². The lowest BCUT2D eigenvalue weighted by molar-refractivity contribution is -0.123. The number of amides is 2. The van der Waals surface area contributed by atoms with Gasteiger partial charge in [-0.2, -0.15) is 0 Å². The highest BCUT2D eigenvalue weighted by atomic mass is 32.2. The van der Waals surface area contributed by atoms with Gasteiger partial charge in [-0.3, -0.25) is 14.5 Å². The average Bonchev–Trinajstić information content (AvgIpc) is 2.91. The quantitative estimate of drug-likeness (QED) is 0.666. The molecule has 2 aromatic rings. The Bertz CT molecular complexity index is 815. The molecule has 2 aromatic carbocycles. The minimum Gasteiger partial charge on any atom is -0.491 e. The van der Waals surface area contributed by atoms with Crippen LogP contribution in [0, 0.1) is 0 Å². The van der Waals surface area contributed by atoms with Crippen LogP contribution in [0.5, 0.6) is 5.75 Å². The van der Waals surface area contributed by atoms with E-state index >= 15 is 0 Å². The van der Waals surface area contributed by atoms with Crippen molar-refractivity contribution in [1.29, 1.82) is 0 Å². The molecule has 0 saturated carbocycles. The van der Waals surface area contributed by atoms with E-state index in [2.05, 4.69) is 6.92 Å². The summed E-state index contributed by atoms with van der Waals surface area (Å²) in [6.45, 7) is 4.39. The molecule has 3 rings (SSSR count). The summed E-state index contributed by atoms with van der Waals surface area (Å²) < 4.78 is 5.75. The highest BCUT2D eigenvalue weighted by Crippen LogP contribution is 2.33. The fraction of sp³-hybridized carbons (Fsp3) is 0.238. The van der Waals surface area contributed by atoms with Gasteiger partial charge < -0.3 is 4.74 Å². The number of benzene rings is 2. The molecule has 1 saturated heterocycles. The van der Waals surface area contributed by atoms with Gasteiger partial charge in [-0.1, -0.05) is 49.4 Å². The number of nitrogens with zero attached hydrogens (tertiary/aromatic N) is 1. The van der Waals surface area contributed by atoms with E-state index in [4.69, 9.17) is 4.74 Å². The van der Waals surface area contributed by atoms with Gasteiger partial charge in [0.15, 0.2) is 0 Å². The number of rotatable bonds is 6. The maximum Gasteiger partial charge on any atom is 0.293 e. The zero-order chi connectivity index (χ0) is 18.5. The lowest BCUT2D eigenvalue weighted by Crippen LogP contribution is -2.27. The highest BCUT2D eigenvalue weighted by molar-refractivity contribution is 8.18. The molecule has 0 aliphatic carbocycles. The first kappa shape index (κ1) is 18.3. The van der Waals surface area contributed by atoms with Gasteiger partial charge in [-0.15, -0.1) is 0 Å². The first-order valence-electron chi connectivity index (χ1n) is 8.63. The third-order valence-corrected chi connectivity index (χ3v) is 5.05. The van der Waals surface area contributed by atoms with Crippen molar-refractivity contribution < 1.29 is 14.3 Å². The van der Waals surface area contributed by atoms with Crippen molar-refractivity contribution in [3.63, 3.8) is 0 Å². The van der Waals surface area contributed by atoms with E-state index in [0.29, 0.717) is 11.4 Å². The summed E-state index contributed by atoms with van der Waals surface area (Å²) >= 11 is 0.982. The zero-order valence-corrected chi connectivity index (χ0v) is 15.7. The number of thioether (sulfide) groups is 1. The Morgan fingerprint density at radius 1 is 1.08 bits per heavy atom. The molecule has 5 heteroatoms. The lowest BCUT2D eigenvalue weighted by atomic mass is 10.2. The fourth-order valence-electron chi connectivity index (χ4n) is 2.51. The van der Waals surface area contributed by atoms with Gasteiger partial charge in [0.25, 0.3) is 11.1 Å². The van der Waals surface area contributed by atoms with Crippen molar-refractivity contribution in [3.8, 4) is 5.75 Å². The summed E-state index contributed by atoms with van der Waals surface area (Å²) in [7, 11) is 0. The zero-order valence-electron chi connectivity index (χ0n) is 14.8. The molecule has 1 heterocycles. The molecule has 1 fully saturated rings. The summed E-state index contributed by atoms with van der Waals surface area (Å²) in [5.74, 6) is 0.553. The van der Waals surface area contributed by atoms with E-state index in [1.165, 1.54) is 4.90 Å². The second kappa shape index (κ2) is 8.23. The Kier molecular flexibility index (Phi) is 5.78. The predicted octanol–water partition coefficient (Wildman–Crippen LogP) is 5.10. The normalized spacial score (nSPS) is 17.0. The van der Waals surface area contributed by atoms with Crippen molar-refractivity contribution in [1.82, 2.24) is 4.90 Å². The Hall–Kier alpha value is -2.53. The molecule has 26 heavy (non-hydrogen) atoms. The van der Waals surface area contributed by atoms with Crippen molar-refractivity contribution in [2.45, 2.75) is 32.9 Å². The van der Waals surface area contributed by atoms with E-state index in [1.807, 2.05) is 61.5 Å². The van der Waals surface area contributed by atoms with Crippen molar-refractivity contribution in [2.24, 2.45) is 0 Å². The molecule has 2 amide bonds. The Morgan fingerprint density at radius 2 is 1.77 bits per heavy atom. The number of carbonyl (C=O) groups is 2. The third kappa shape index (κ3) is 4.35. The van der Waals surface area contributed by atoms with E-state index in [0.717, 1.165) is 35.1 Å². The summed E-state index contributed by atoms with van der Waals surface area (Å²) in [5, 5.41) is -0.234. The molecule has 4 nitrogen and oxygen atoms in total. The molecular formula is C21H21NO3S. The molecule has 1 unspecified atom stereocenters. The molecule has 0 aromatic heterocycles. The van der Waals surface area contributed by atoms with Crippen LogP contribution in [0.1, 0.15) is 31.4 Å². The van der Waals surface area contributed by atoms with Gasteiger partial charge in [0, 0.05) is 0 Å². The van der Waals surface area contributed by atoms with E-state index in [-0.39, 0.29) is 17.3 Å². The summed E-state index contributed by atoms with van der Waals surface area (Å²) in [6.07, 6.45) is 2.86. The van der Waals surface area contributed by atoms with E-state index in [1.54, 1.807) is 6.08 Å². The Morgan fingerprint density at radius 3 is 2.42 bits per heavy atom. The van der Waals surface area contributed by atoms with Crippen LogP contribution >= 0.6 is 11.8 Å². The molecule has 1 aliphatic rings. The van der Waals surface area contributed by atoms with Gasteiger partial charge in [0.05, 0.1) is 17.6 Å². The van der Waals surface area contributed by atoms with Crippen LogP contribution in [0.15, 0.2) is 59.5 Å². The van der Waals surface area contributed by atoms with Crippen LogP contribution in [-0.2, 0) is 11.3 Å². The second-order valence-electron chi connectivity index (χ2n) is 6.16. The smallest absolute Gasteiger partial charge is 0.293 e. The minimum atomic E-state index is -0.246. The first-order valence-corrected chi connectivity index (χ1v) is 9.44. The molecule has 0 N–H and O–H groups in total. The molecule has 0 spiro atoms. The third-order valence-electron chi connectivity index (χ3n) is 4.15. The predicted molar refractivity (Wildman–Crippen MR) is 105 cm³/mol. The van der Waals surface area contributed by atoms with Gasteiger partial charge in [0.2, 0.25) is 0 Å².